The number of piperidine rings is 1. The summed E-state index contributed by atoms with van der Waals surface area (Å²) in [5, 5.41) is 0. The van der Waals surface area contributed by atoms with Crippen LogP contribution in [-0.4, -0.2) is 44.1 Å². The van der Waals surface area contributed by atoms with E-state index >= 15 is 0 Å². The lowest BCUT2D eigenvalue weighted by Crippen LogP contribution is -2.36. The van der Waals surface area contributed by atoms with E-state index in [4.69, 9.17) is 17.2 Å². The molecule has 2 fully saturated rings. The SMILES string of the molecule is CCCCCCCN1C(=O)/C(=C\c2c(N3CCC(C)CC3)nc3ccccn3c2=O)SC1=S. The molecule has 0 unspecified atom stereocenters. The fraction of sp³-hybridized carbons (Fsp3) is 0.520. The van der Waals surface area contributed by atoms with Crippen molar-refractivity contribution in [1.82, 2.24) is 14.3 Å². The van der Waals surface area contributed by atoms with Gasteiger partial charge < -0.3 is 4.90 Å². The van der Waals surface area contributed by atoms with Gasteiger partial charge in [0.15, 0.2) is 0 Å². The number of thiocarbonyl (C=S) groups is 1. The highest BCUT2D eigenvalue weighted by atomic mass is 32.2. The van der Waals surface area contributed by atoms with Crippen LogP contribution in [0.1, 0.15) is 64.4 Å². The number of carbonyl (C=O) groups excluding carboxylic acids is 1. The molecule has 0 N–H and O–H groups in total. The van der Waals surface area contributed by atoms with Gasteiger partial charge in [-0.15, -0.1) is 0 Å². The number of thioether (sulfide) groups is 1. The van der Waals surface area contributed by atoms with Gasteiger partial charge in [0.2, 0.25) is 0 Å². The lowest BCUT2D eigenvalue weighted by Gasteiger charge is -2.32. The van der Waals surface area contributed by atoms with Gasteiger partial charge in [-0.3, -0.25) is 18.9 Å². The number of anilines is 1. The van der Waals surface area contributed by atoms with E-state index in [0.717, 1.165) is 38.8 Å². The van der Waals surface area contributed by atoms with Crippen LogP contribution in [0, 0.1) is 5.92 Å². The van der Waals surface area contributed by atoms with Gasteiger partial charge >= 0.3 is 0 Å². The molecule has 0 atom stereocenters. The first-order chi connectivity index (χ1) is 16.0. The summed E-state index contributed by atoms with van der Waals surface area (Å²) in [6.07, 6.45) is 11.2. The van der Waals surface area contributed by atoms with Crippen molar-refractivity contribution in [3.05, 3.63) is 45.2 Å². The quantitative estimate of drug-likeness (QED) is 0.295. The van der Waals surface area contributed by atoms with Crippen molar-refractivity contribution in [2.75, 3.05) is 24.5 Å². The minimum Gasteiger partial charge on any atom is -0.356 e. The zero-order valence-electron chi connectivity index (χ0n) is 19.5. The predicted octanol–water partition coefficient (Wildman–Crippen LogP) is 5.10. The Bertz CT molecular complexity index is 1120. The molecular formula is C25H32N4O2S2. The number of hydrogen-bond donors (Lipinski definition) is 0. The maximum atomic E-state index is 13.5. The van der Waals surface area contributed by atoms with E-state index in [1.807, 2.05) is 18.2 Å². The maximum absolute atomic E-state index is 13.5. The minimum absolute atomic E-state index is 0.101. The van der Waals surface area contributed by atoms with E-state index in [-0.39, 0.29) is 11.5 Å². The van der Waals surface area contributed by atoms with Crippen molar-refractivity contribution >= 4 is 51.7 Å². The van der Waals surface area contributed by atoms with E-state index in [0.29, 0.717) is 38.7 Å². The topological polar surface area (TPSA) is 57.9 Å². The van der Waals surface area contributed by atoms with E-state index in [1.165, 1.54) is 31.0 Å². The summed E-state index contributed by atoms with van der Waals surface area (Å²) in [5.41, 5.74) is 0.934. The summed E-state index contributed by atoms with van der Waals surface area (Å²) in [5.74, 6) is 1.24. The third-order valence-corrected chi connectivity index (χ3v) is 7.84. The summed E-state index contributed by atoms with van der Waals surface area (Å²) >= 11 is 6.80. The molecule has 8 heteroatoms. The van der Waals surface area contributed by atoms with E-state index in [1.54, 1.807) is 21.6 Å². The summed E-state index contributed by atoms with van der Waals surface area (Å²) in [4.78, 5) is 35.9. The number of hydrogen-bond acceptors (Lipinski definition) is 6. The second kappa shape index (κ2) is 10.8. The van der Waals surface area contributed by atoms with Gasteiger partial charge in [-0.25, -0.2) is 4.98 Å². The molecule has 6 nitrogen and oxygen atoms in total. The number of fused-ring (bicyclic) bond motifs is 1. The zero-order chi connectivity index (χ0) is 23.4. The average molecular weight is 485 g/mol. The molecule has 0 saturated carbocycles. The lowest BCUT2D eigenvalue weighted by atomic mass is 9.99. The number of carbonyl (C=O) groups is 1. The maximum Gasteiger partial charge on any atom is 0.267 e. The molecule has 176 valence electrons. The van der Waals surface area contributed by atoms with Gasteiger partial charge in [-0.1, -0.05) is 69.6 Å². The van der Waals surface area contributed by atoms with Gasteiger partial charge in [0.05, 0.1) is 10.5 Å². The van der Waals surface area contributed by atoms with Crippen molar-refractivity contribution < 1.29 is 4.79 Å². The number of pyridine rings is 1. The molecule has 2 aliphatic rings. The molecular weight excluding hydrogens is 452 g/mol. The zero-order valence-corrected chi connectivity index (χ0v) is 21.1. The fourth-order valence-corrected chi connectivity index (χ4v) is 5.67. The second-order valence-corrected chi connectivity index (χ2v) is 10.7. The number of aromatic nitrogens is 2. The van der Waals surface area contributed by atoms with Gasteiger partial charge in [0.1, 0.15) is 15.8 Å². The summed E-state index contributed by atoms with van der Waals surface area (Å²) in [6, 6.07) is 5.55. The van der Waals surface area contributed by atoms with Crippen LogP contribution < -0.4 is 10.5 Å². The Morgan fingerprint density at radius 3 is 2.67 bits per heavy atom. The molecule has 4 rings (SSSR count). The van der Waals surface area contributed by atoms with Crippen LogP contribution in [0.15, 0.2) is 34.1 Å². The lowest BCUT2D eigenvalue weighted by molar-refractivity contribution is -0.122. The molecule has 1 amide bonds. The Morgan fingerprint density at radius 2 is 1.91 bits per heavy atom. The van der Waals surface area contributed by atoms with Crippen LogP contribution in [0.2, 0.25) is 0 Å². The smallest absolute Gasteiger partial charge is 0.267 e. The summed E-state index contributed by atoms with van der Waals surface area (Å²) in [6.45, 7) is 6.80. The fourth-order valence-electron chi connectivity index (χ4n) is 4.38. The summed E-state index contributed by atoms with van der Waals surface area (Å²) < 4.78 is 2.13. The molecule has 0 spiro atoms. The molecule has 2 aliphatic heterocycles. The number of amides is 1. The van der Waals surface area contributed by atoms with E-state index < -0.39 is 0 Å². The molecule has 2 saturated heterocycles. The van der Waals surface area contributed by atoms with Crippen LogP contribution in [0.5, 0.6) is 0 Å². The Balaban J connectivity index is 1.65. The second-order valence-electron chi connectivity index (χ2n) is 9.00. The van der Waals surface area contributed by atoms with Crippen LogP contribution >= 0.6 is 24.0 Å². The van der Waals surface area contributed by atoms with Crippen molar-refractivity contribution in [1.29, 1.82) is 0 Å². The molecule has 0 radical (unpaired) electrons. The number of nitrogens with zero attached hydrogens (tertiary/aromatic N) is 4. The van der Waals surface area contributed by atoms with Crippen LogP contribution in [0.3, 0.4) is 0 Å². The molecule has 33 heavy (non-hydrogen) atoms. The molecule has 2 aromatic rings. The standard InChI is InChI=1S/C25H32N4O2S2/c1-3-4-5-6-8-14-29-24(31)20(33-25(29)32)17-19-22(27-15-11-18(2)12-16-27)26-21-10-7-9-13-28(21)23(19)30/h7,9-10,13,17-18H,3-6,8,11-12,14-16H2,1-2H3/b20-17+. The van der Waals surface area contributed by atoms with E-state index in [2.05, 4.69) is 18.7 Å². The van der Waals surface area contributed by atoms with Crippen molar-refractivity contribution in [3.8, 4) is 0 Å². The average Bonchev–Trinajstić information content (AvgIpc) is 3.08. The van der Waals surface area contributed by atoms with Gasteiger partial charge in [0.25, 0.3) is 11.5 Å². The summed E-state index contributed by atoms with van der Waals surface area (Å²) in [7, 11) is 0. The number of unbranched alkanes of at least 4 members (excludes halogenated alkanes) is 4. The molecule has 4 heterocycles. The Kier molecular flexibility index (Phi) is 7.86. The third kappa shape index (κ3) is 5.32. The first-order valence-corrected chi connectivity index (χ1v) is 13.2. The minimum atomic E-state index is -0.154. The Labute approximate surface area is 205 Å². The highest BCUT2D eigenvalue weighted by Gasteiger charge is 2.32. The first-order valence-electron chi connectivity index (χ1n) is 12.0. The molecule has 0 aliphatic carbocycles. The van der Waals surface area contributed by atoms with Crippen LogP contribution in [0.4, 0.5) is 5.82 Å². The Hall–Kier alpha value is -2.19. The Morgan fingerprint density at radius 1 is 1.15 bits per heavy atom. The monoisotopic (exact) mass is 484 g/mol. The highest BCUT2D eigenvalue weighted by Crippen LogP contribution is 2.34. The van der Waals surface area contributed by atoms with Crippen LogP contribution in [-0.2, 0) is 4.79 Å². The highest BCUT2D eigenvalue weighted by molar-refractivity contribution is 8.26. The normalized spacial score (nSPS) is 18.8. The van der Waals surface area contributed by atoms with E-state index in [9.17, 15) is 9.59 Å². The third-order valence-electron chi connectivity index (χ3n) is 6.47. The van der Waals surface area contributed by atoms with Crippen molar-refractivity contribution in [3.63, 3.8) is 0 Å². The van der Waals surface area contributed by atoms with Gasteiger partial charge in [-0.2, -0.15) is 0 Å². The van der Waals surface area contributed by atoms with Gasteiger partial charge in [-0.05, 0) is 43.4 Å². The van der Waals surface area contributed by atoms with Crippen molar-refractivity contribution in [2.24, 2.45) is 5.92 Å². The first kappa shape index (κ1) is 24.0. The largest absolute Gasteiger partial charge is 0.356 e. The van der Waals surface area contributed by atoms with Crippen molar-refractivity contribution in [2.45, 2.75) is 58.8 Å². The van der Waals surface area contributed by atoms with Gasteiger partial charge in [0, 0.05) is 25.8 Å². The molecule has 0 bridgehead atoms. The molecule has 0 aromatic carbocycles. The number of rotatable bonds is 8. The predicted molar refractivity (Wildman–Crippen MR) is 141 cm³/mol. The molecule has 2 aromatic heterocycles. The van der Waals surface area contributed by atoms with Crippen LogP contribution in [0.25, 0.3) is 11.7 Å².